The average Bonchev–Trinajstić information content (AvgIpc) is 2.66. The summed E-state index contributed by atoms with van der Waals surface area (Å²) in [5.74, 6) is -0.912. The molecule has 3 amide bonds. The molecule has 30 heavy (non-hydrogen) atoms. The second kappa shape index (κ2) is 11.5. The largest absolute Gasteiger partial charge is 0.444 e. The number of aliphatic hydroxyl groups is 1. The van der Waals surface area contributed by atoms with E-state index in [9.17, 15) is 19.5 Å². The van der Waals surface area contributed by atoms with E-state index < -0.39 is 36.3 Å². The van der Waals surface area contributed by atoms with Crippen molar-refractivity contribution in [2.45, 2.75) is 65.1 Å². The molecule has 0 heterocycles. The molecule has 8 nitrogen and oxygen atoms in total. The zero-order valence-electron chi connectivity index (χ0n) is 18.8. The van der Waals surface area contributed by atoms with Crippen LogP contribution in [-0.4, -0.2) is 59.8 Å². The molecule has 0 fully saturated rings. The molecule has 0 aliphatic heterocycles. The fourth-order valence-corrected chi connectivity index (χ4v) is 2.91. The maximum absolute atomic E-state index is 13.1. The van der Waals surface area contributed by atoms with Crippen LogP contribution in [0, 0.1) is 6.92 Å². The Morgan fingerprint density at radius 3 is 2.37 bits per heavy atom. The quantitative estimate of drug-likeness (QED) is 0.530. The summed E-state index contributed by atoms with van der Waals surface area (Å²) in [5, 5.41) is 14.9. The number of rotatable bonds is 9. The van der Waals surface area contributed by atoms with E-state index in [1.165, 1.54) is 11.9 Å². The topological polar surface area (TPSA) is 108 Å². The van der Waals surface area contributed by atoms with Crippen LogP contribution in [0.3, 0.4) is 0 Å². The molecule has 0 aliphatic carbocycles. The number of unbranched alkanes of at least 4 members (excludes halogenated alkanes) is 1. The maximum atomic E-state index is 13.1. The molecule has 0 saturated heterocycles. The van der Waals surface area contributed by atoms with Gasteiger partial charge in [-0.2, -0.15) is 0 Å². The summed E-state index contributed by atoms with van der Waals surface area (Å²) in [6.45, 7) is 8.85. The van der Waals surface area contributed by atoms with Crippen LogP contribution in [0.25, 0.3) is 0 Å². The van der Waals surface area contributed by atoms with E-state index >= 15 is 0 Å². The van der Waals surface area contributed by atoms with E-state index in [0.717, 1.165) is 18.4 Å². The first-order chi connectivity index (χ1) is 14.0. The van der Waals surface area contributed by atoms with Gasteiger partial charge in [-0.05, 0) is 45.2 Å². The number of benzene rings is 1. The van der Waals surface area contributed by atoms with Gasteiger partial charge in [0.25, 0.3) is 0 Å². The van der Waals surface area contributed by atoms with Crippen molar-refractivity contribution in [1.82, 2.24) is 15.5 Å². The summed E-state index contributed by atoms with van der Waals surface area (Å²) in [7, 11) is 1.48. The third-order valence-corrected chi connectivity index (χ3v) is 4.47. The SMILES string of the molecule is CCCCNC(=O)C(c1ccccc1C)N(C)C(=O)C(CO)NC(=O)OC(C)(C)C. The highest BCUT2D eigenvalue weighted by Crippen LogP contribution is 2.24. The first-order valence-electron chi connectivity index (χ1n) is 10.2. The highest BCUT2D eigenvalue weighted by atomic mass is 16.6. The molecule has 0 radical (unpaired) electrons. The maximum Gasteiger partial charge on any atom is 0.408 e. The van der Waals surface area contributed by atoms with Crippen molar-refractivity contribution >= 4 is 17.9 Å². The van der Waals surface area contributed by atoms with Gasteiger partial charge >= 0.3 is 6.09 Å². The van der Waals surface area contributed by atoms with Crippen LogP contribution in [0.2, 0.25) is 0 Å². The number of alkyl carbamates (subject to hydrolysis) is 1. The number of hydrogen-bond donors (Lipinski definition) is 3. The normalized spacial score (nSPS) is 13.2. The molecule has 1 rings (SSSR count). The van der Waals surface area contributed by atoms with Crippen LogP contribution in [0.15, 0.2) is 24.3 Å². The second-order valence-electron chi connectivity index (χ2n) is 8.23. The molecular formula is C22H35N3O5. The summed E-state index contributed by atoms with van der Waals surface area (Å²) >= 11 is 0. The zero-order chi connectivity index (χ0) is 22.9. The highest BCUT2D eigenvalue weighted by molar-refractivity contribution is 5.92. The first kappa shape index (κ1) is 25.4. The summed E-state index contributed by atoms with van der Waals surface area (Å²) in [6, 6.07) is 5.17. The fourth-order valence-electron chi connectivity index (χ4n) is 2.91. The summed E-state index contributed by atoms with van der Waals surface area (Å²) in [4.78, 5) is 39.3. The smallest absolute Gasteiger partial charge is 0.408 e. The van der Waals surface area contributed by atoms with Gasteiger partial charge in [0.05, 0.1) is 6.61 Å². The number of hydrogen-bond acceptors (Lipinski definition) is 5. The van der Waals surface area contributed by atoms with E-state index in [1.807, 2.05) is 26.0 Å². The Balaban J connectivity index is 3.10. The van der Waals surface area contributed by atoms with Crippen LogP contribution in [-0.2, 0) is 14.3 Å². The van der Waals surface area contributed by atoms with Gasteiger partial charge < -0.3 is 25.4 Å². The lowest BCUT2D eigenvalue weighted by molar-refractivity contribution is -0.141. The number of carbonyl (C=O) groups is 3. The van der Waals surface area contributed by atoms with Crippen LogP contribution in [0.4, 0.5) is 4.79 Å². The fraction of sp³-hybridized carbons (Fsp3) is 0.591. The van der Waals surface area contributed by atoms with Crippen LogP contribution < -0.4 is 10.6 Å². The minimum atomic E-state index is -1.24. The lowest BCUT2D eigenvalue weighted by Gasteiger charge is -2.31. The third-order valence-electron chi connectivity index (χ3n) is 4.47. The predicted octanol–water partition coefficient (Wildman–Crippen LogP) is 2.30. The zero-order valence-corrected chi connectivity index (χ0v) is 18.8. The number of aliphatic hydroxyl groups excluding tert-OH is 1. The molecule has 1 aromatic carbocycles. The van der Waals surface area contributed by atoms with E-state index in [2.05, 4.69) is 10.6 Å². The number of nitrogens with zero attached hydrogens (tertiary/aromatic N) is 1. The lowest BCUT2D eigenvalue weighted by atomic mass is 9.98. The van der Waals surface area contributed by atoms with Gasteiger partial charge in [-0.25, -0.2) is 4.79 Å². The summed E-state index contributed by atoms with van der Waals surface area (Å²) in [6.07, 6.45) is 0.933. The van der Waals surface area contributed by atoms with Gasteiger partial charge in [0, 0.05) is 13.6 Å². The molecule has 8 heteroatoms. The molecule has 1 aromatic rings. The Morgan fingerprint density at radius 1 is 1.20 bits per heavy atom. The van der Waals surface area contributed by atoms with Crippen molar-refractivity contribution in [1.29, 1.82) is 0 Å². The molecular weight excluding hydrogens is 386 g/mol. The van der Waals surface area contributed by atoms with Crippen LogP contribution in [0.1, 0.15) is 57.7 Å². The summed E-state index contributed by atoms with van der Waals surface area (Å²) < 4.78 is 5.17. The van der Waals surface area contributed by atoms with Crippen molar-refractivity contribution in [3.8, 4) is 0 Å². The highest BCUT2D eigenvalue weighted by Gasteiger charge is 2.34. The molecule has 3 N–H and O–H groups in total. The van der Waals surface area contributed by atoms with Crippen molar-refractivity contribution in [2.75, 3.05) is 20.2 Å². The van der Waals surface area contributed by atoms with Gasteiger partial charge in [0.2, 0.25) is 11.8 Å². The molecule has 0 aliphatic rings. The van der Waals surface area contributed by atoms with E-state index in [-0.39, 0.29) is 5.91 Å². The standard InChI is InChI=1S/C22H35N3O5/c1-7-8-13-23-19(27)18(16-12-10-9-11-15(16)2)25(6)20(28)17(14-26)24-21(29)30-22(3,4)5/h9-12,17-18,26H,7-8,13-14H2,1-6H3,(H,23,27)(H,24,29). The van der Waals surface area contributed by atoms with E-state index in [4.69, 9.17) is 4.74 Å². The van der Waals surface area contributed by atoms with Crippen molar-refractivity contribution in [2.24, 2.45) is 0 Å². The third kappa shape index (κ3) is 7.67. The van der Waals surface area contributed by atoms with Crippen molar-refractivity contribution in [3.63, 3.8) is 0 Å². The molecule has 2 atom stereocenters. The van der Waals surface area contributed by atoms with Gasteiger partial charge in [0.1, 0.15) is 17.7 Å². The van der Waals surface area contributed by atoms with Crippen LogP contribution >= 0.6 is 0 Å². The number of carbonyl (C=O) groups excluding carboxylic acids is 3. The van der Waals surface area contributed by atoms with Crippen molar-refractivity contribution < 1.29 is 24.2 Å². The minimum absolute atomic E-state index is 0.317. The predicted molar refractivity (Wildman–Crippen MR) is 115 cm³/mol. The molecule has 2 unspecified atom stereocenters. The molecule has 0 bridgehead atoms. The first-order valence-corrected chi connectivity index (χ1v) is 10.2. The van der Waals surface area contributed by atoms with Crippen LogP contribution in [0.5, 0.6) is 0 Å². The number of aryl methyl sites for hydroxylation is 1. The van der Waals surface area contributed by atoms with Gasteiger partial charge in [-0.1, -0.05) is 37.6 Å². The molecule has 168 valence electrons. The number of likely N-dealkylation sites (N-methyl/N-ethyl adjacent to an activating group) is 1. The Hall–Kier alpha value is -2.61. The number of nitrogens with one attached hydrogen (secondary N) is 2. The minimum Gasteiger partial charge on any atom is -0.444 e. The average molecular weight is 422 g/mol. The summed E-state index contributed by atoms with van der Waals surface area (Å²) in [5.41, 5.74) is 0.784. The monoisotopic (exact) mass is 421 g/mol. The van der Waals surface area contributed by atoms with Crippen molar-refractivity contribution in [3.05, 3.63) is 35.4 Å². The van der Waals surface area contributed by atoms with E-state index in [0.29, 0.717) is 12.1 Å². The Morgan fingerprint density at radius 2 is 1.83 bits per heavy atom. The molecule has 0 aromatic heterocycles. The number of amides is 3. The Labute approximate surface area is 179 Å². The van der Waals surface area contributed by atoms with E-state index in [1.54, 1.807) is 32.9 Å². The number of ether oxygens (including phenoxy) is 1. The lowest BCUT2D eigenvalue weighted by Crippen LogP contribution is -2.53. The van der Waals surface area contributed by atoms with Gasteiger partial charge in [-0.15, -0.1) is 0 Å². The molecule has 0 spiro atoms. The second-order valence-corrected chi connectivity index (χ2v) is 8.23. The van der Waals surface area contributed by atoms with Gasteiger partial charge in [-0.3, -0.25) is 9.59 Å². The molecule has 0 saturated carbocycles. The Kier molecular flexibility index (Phi) is 9.78. The Bertz CT molecular complexity index is 730. The van der Waals surface area contributed by atoms with Gasteiger partial charge in [0.15, 0.2) is 0 Å².